The van der Waals surface area contributed by atoms with Crippen LogP contribution in [0.4, 0.5) is 0 Å². The van der Waals surface area contributed by atoms with Gasteiger partial charge in [-0.25, -0.2) is 8.42 Å². The third kappa shape index (κ3) is 5.66. The molecule has 0 unspecified atom stereocenters. The summed E-state index contributed by atoms with van der Waals surface area (Å²) in [5.74, 6) is 0.597. The highest BCUT2D eigenvalue weighted by Gasteiger charge is 2.08. The number of rotatable bonds is 8. The predicted molar refractivity (Wildman–Crippen MR) is 68.4 cm³/mol. The molecule has 0 saturated heterocycles. The fourth-order valence-electron chi connectivity index (χ4n) is 1.98. The Bertz CT molecular complexity index is 320. The zero-order valence-electron chi connectivity index (χ0n) is 10.2. The molecule has 0 atom stereocenters. The minimum Gasteiger partial charge on any atom is -0.315 e. The quantitative estimate of drug-likeness (QED) is 0.525. The molecule has 0 aromatic rings. The van der Waals surface area contributed by atoms with Crippen LogP contribution in [0.25, 0.3) is 0 Å². The van der Waals surface area contributed by atoms with Crippen molar-refractivity contribution in [2.45, 2.75) is 39.0 Å². The lowest BCUT2D eigenvalue weighted by Crippen LogP contribution is -2.25. The summed E-state index contributed by atoms with van der Waals surface area (Å²) in [6.45, 7) is 3.40. The molecule has 0 aromatic heterocycles. The summed E-state index contributed by atoms with van der Waals surface area (Å²) in [6, 6.07) is 0. The summed E-state index contributed by atoms with van der Waals surface area (Å²) in [5.41, 5.74) is 1.53. The lowest BCUT2D eigenvalue weighted by atomic mass is 10.2. The standard InChI is InChI=1S/C12H23NO2S/c1-2-10-16(14,15)11-9-13-8-7-12-5-3-4-6-12/h5,13H,2-4,6-11H2,1H3. The first kappa shape index (κ1) is 13.7. The van der Waals surface area contributed by atoms with Crippen LogP contribution in [0.1, 0.15) is 39.0 Å². The highest BCUT2D eigenvalue weighted by molar-refractivity contribution is 7.91. The predicted octanol–water partition coefficient (Wildman–Crippen LogP) is 1.90. The summed E-state index contributed by atoms with van der Waals surface area (Å²) in [7, 11) is -2.81. The van der Waals surface area contributed by atoms with Crippen LogP contribution in [0.3, 0.4) is 0 Å². The molecule has 0 radical (unpaired) electrons. The third-order valence-corrected chi connectivity index (χ3v) is 4.72. The van der Waals surface area contributed by atoms with E-state index in [1.165, 1.54) is 24.8 Å². The number of hydrogen-bond donors (Lipinski definition) is 1. The van der Waals surface area contributed by atoms with Gasteiger partial charge in [-0.15, -0.1) is 0 Å². The molecule has 3 nitrogen and oxygen atoms in total. The molecule has 0 aromatic carbocycles. The highest BCUT2D eigenvalue weighted by atomic mass is 32.2. The van der Waals surface area contributed by atoms with Crippen molar-refractivity contribution in [3.05, 3.63) is 11.6 Å². The van der Waals surface area contributed by atoms with Crippen LogP contribution in [0.15, 0.2) is 11.6 Å². The van der Waals surface area contributed by atoms with Crippen LogP contribution in [0, 0.1) is 0 Å². The fourth-order valence-corrected chi connectivity index (χ4v) is 3.26. The van der Waals surface area contributed by atoms with Crippen molar-refractivity contribution >= 4 is 9.84 Å². The van der Waals surface area contributed by atoms with E-state index < -0.39 is 9.84 Å². The van der Waals surface area contributed by atoms with Crippen molar-refractivity contribution in [2.75, 3.05) is 24.6 Å². The minimum atomic E-state index is -2.81. The van der Waals surface area contributed by atoms with Crippen LogP contribution < -0.4 is 5.32 Å². The largest absolute Gasteiger partial charge is 0.315 e. The average molecular weight is 245 g/mol. The van der Waals surface area contributed by atoms with Gasteiger partial charge in [0.1, 0.15) is 0 Å². The molecule has 1 aliphatic carbocycles. The molecule has 4 heteroatoms. The molecule has 0 spiro atoms. The molecule has 94 valence electrons. The van der Waals surface area contributed by atoms with E-state index in [1.54, 1.807) is 0 Å². The monoisotopic (exact) mass is 245 g/mol. The summed E-state index contributed by atoms with van der Waals surface area (Å²) in [5, 5.41) is 3.21. The SMILES string of the molecule is CCCS(=O)(=O)CCNCCC1=CCCC1. The number of hydrogen-bond acceptors (Lipinski definition) is 3. The lowest BCUT2D eigenvalue weighted by Gasteiger charge is -2.06. The van der Waals surface area contributed by atoms with E-state index in [-0.39, 0.29) is 5.75 Å². The summed E-state index contributed by atoms with van der Waals surface area (Å²) in [4.78, 5) is 0. The van der Waals surface area contributed by atoms with Gasteiger partial charge in [-0.05, 0) is 38.6 Å². The van der Waals surface area contributed by atoms with Gasteiger partial charge in [0.2, 0.25) is 0 Å². The van der Waals surface area contributed by atoms with Crippen LogP contribution in [-0.4, -0.2) is 33.0 Å². The molecule has 0 amide bonds. The van der Waals surface area contributed by atoms with Crippen molar-refractivity contribution in [1.82, 2.24) is 5.32 Å². The third-order valence-electron chi connectivity index (χ3n) is 2.86. The van der Waals surface area contributed by atoms with E-state index in [0.717, 1.165) is 19.4 Å². The van der Waals surface area contributed by atoms with E-state index in [4.69, 9.17) is 0 Å². The van der Waals surface area contributed by atoms with Gasteiger partial charge in [0.15, 0.2) is 9.84 Å². The maximum atomic E-state index is 11.4. The number of sulfone groups is 1. The van der Waals surface area contributed by atoms with Gasteiger partial charge in [0.25, 0.3) is 0 Å². The van der Waals surface area contributed by atoms with Crippen LogP contribution >= 0.6 is 0 Å². The van der Waals surface area contributed by atoms with Crippen molar-refractivity contribution in [1.29, 1.82) is 0 Å². The molecular formula is C12H23NO2S. The van der Waals surface area contributed by atoms with Gasteiger partial charge in [0, 0.05) is 12.3 Å². The molecule has 0 fully saturated rings. The Morgan fingerprint density at radius 3 is 2.75 bits per heavy atom. The normalized spacial score (nSPS) is 16.4. The van der Waals surface area contributed by atoms with Gasteiger partial charge >= 0.3 is 0 Å². The molecule has 16 heavy (non-hydrogen) atoms. The Kier molecular flexibility index (Phi) is 6.06. The Morgan fingerprint density at radius 2 is 2.12 bits per heavy atom. The first-order valence-electron chi connectivity index (χ1n) is 6.23. The van der Waals surface area contributed by atoms with Crippen molar-refractivity contribution in [3.8, 4) is 0 Å². The lowest BCUT2D eigenvalue weighted by molar-refractivity contribution is 0.589. The molecule has 1 rings (SSSR count). The molecular weight excluding hydrogens is 222 g/mol. The van der Waals surface area contributed by atoms with Crippen LogP contribution in [0.5, 0.6) is 0 Å². The zero-order valence-corrected chi connectivity index (χ0v) is 11.0. The molecule has 0 bridgehead atoms. The van der Waals surface area contributed by atoms with E-state index in [9.17, 15) is 8.42 Å². The smallest absolute Gasteiger partial charge is 0.151 e. The zero-order chi connectivity index (χ0) is 11.9. The molecule has 0 saturated carbocycles. The number of nitrogens with one attached hydrogen (secondary N) is 1. The van der Waals surface area contributed by atoms with Crippen molar-refractivity contribution < 1.29 is 8.42 Å². The van der Waals surface area contributed by atoms with Gasteiger partial charge in [-0.2, -0.15) is 0 Å². The summed E-state index contributed by atoms with van der Waals surface area (Å²) < 4.78 is 22.8. The number of allylic oxidation sites excluding steroid dienone is 1. The molecule has 0 heterocycles. The molecule has 1 aliphatic rings. The van der Waals surface area contributed by atoms with Crippen LogP contribution in [0.2, 0.25) is 0 Å². The fraction of sp³-hybridized carbons (Fsp3) is 0.833. The Morgan fingerprint density at radius 1 is 1.31 bits per heavy atom. The topological polar surface area (TPSA) is 46.2 Å². The van der Waals surface area contributed by atoms with Crippen molar-refractivity contribution in [2.24, 2.45) is 0 Å². The van der Waals surface area contributed by atoms with Gasteiger partial charge in [0.05, 0.1) is 5.75 Å². The Hall–Kier alpha value is -0.350. The first-order valence-corrected chi connectivity index (χ1v) is 8.05. The molecule has 0 aliphatic heterocycles. The Labute approximate surface area is 99.2 Å². The van der Waals surface area contributed by atoms with E-state index in [1.807, 2.05) is 6.92 Å². The second-order valence-corrected chi connectivity index (χ2v) is 6.71. The summed E-state index contributed by atoms with van der Waals surface area (Å²) >= 11 is 0. The van der Waals surface area contributed by atoms with Crippen LogP contribution in [-0.2, 0) is 9.84 Å². The average Bonchev–Trinajstić information content (AvgIpc) is 2.69. The van der Waals surface area contributed by atoms with E-state index in [2.05, 4.69) is 11.4 Å². The van der Waals surface area contributed by atoms with E-state index in [0.29, 0.717) is 12.3 Å². The maximum absolute atomic E-state index is 11.4. The second-order valence-electron chi connectivity index (χ2n) is 4.41. The van der Waals surface area contributed by atoms with Gasteiger partial charge in [-0.3, -0.25) is 0 Å². The minimum absolute atomic E-state index is 0.278. The second kappa shape index (κ2) is 7.07. The van der Waals surface area contributed by atoms with Crippen molar-refractivity contribution in [3.63, 3.8) is 0 Å². The van der Waals surface area contributed by atoms with Gasteiger partial charge in [-0.1, -0.05) is 18.6 Å². The highest BCUT2D eigenvalue weighted by Crippen LogP contribution is 2.19. The van der Waals surface area contributed by atoms with E-state index >= 15 is 0 Å². The first-order chi connectivity index (χ1) is 7.64. The molecule has 1 N–H and O–H groups in total. The maximum Gasteiger partial charge on any atom is 0.151 e. The Balaban J connectivity index is 2.03. The van der Waals surface area contributed by atoms with Gasteiger partial charge < -0.3 is 5.32 Å². The summed E-state index contributed by atoms with van der Waals surface area (Å²) in [6.07, 6.45) is 7.86.